The van der Waals surface area contributed by atoms with Crippen LogP contribution in [0.3, 0.4) is 0 Å². The Labute approximate surface area is 171 Å². The van der Waals surface area contributed by atoms with Crippen molar-refractivity contribution >= 4 is 16.8 Å². The third kappa shape index (κ3) is 2.89. The van der Waals surface area contributed by atoms with Gasteiger partial charge in [-0.25, -0.2) is 0 Å². The molecule has 29 heavy (non-hydrogen) atoms. The van der Waals surface area contributed by atoms with Gasteiger partial charge in [0, 0.05) is 28.6 Å². The van der Waals surface area contributed by atoms with Crippen LogP contribution in [0.5, 0.6) is 0 Å². The van der Waals surface area contributed by atoms with Crippen molar-refractivity contribution < 1.29 is 9.90 Å². The number of carbonyl (C=O) groups is 1. The summed E-state index contributed by atoms with van der Waals surface area (Å²) in [4.78, 5) is 19.1. The molecule has 4 atom stereocenters. The number of aromatic nitrogens is 1. The first-order valence-electron chi connectivity index (χ1n) is 10.8. The van der Waals surface area contributed by atoms with E-state index >= 15 is 0 Å². The monoisotopic (exact) mass is 388 g/mol. The van der Waals surface area contributed by atoms with Crippen LogP contribution in [0.15, 0.2) is 54.6 Å². The Hall–Kier alpha value is -2.59. The lowest BCUT2D eigenvalue weighted by molar-refractivity contribution is -0.148. The van der Waals surface area contributed by atoms with E-state index in [-0.39, 0.29) is 24.6 Å². The van der Waals surface area contributed by atoms with E-state index in [1.807, 2.05) is 35.2 Å². The summed E-state index contributed by atoms with van der Waals surface area (Å²) in [5.41, 5.74) is 4.69. The van der Waals surface area contributed by atoms with Gasteiger partial charge >= 0.3 is 0 Å². The predicted octanol–water partition coefficient (Wildman–Crippen LogP) is 4.76. The molecule has 2 N–H and O–H groups in total. The summed E-state index contributed by atoms with van der Waals surface area (Å²) in [7, 11) is 0. The molecule has 2 heterocycles. The van der Waals surface area contributed by atoms with E-state index in [1.54, 1.807) is 0 Å². The Balaban J connectivity index is 1.72. The third-order valence-corrected chi connectivity index (χ3v) is 7.09. The lowest BCUT2D eigenvalue weighted by atomic mass is 9.74. The van der Waals surface area contributed by atoms with E-state index in [0.717, 1.165) is 30.3 Å². The molecule has 0 radical (unpaired) electrons. The van der Waals surface area contributed by atoms with Gasteiger partial charge in [0.15, 0.2) is 0 Å². The van der Waals surface area contributed by atoms with Gasteiger partial charge in [-0.05, 0) is 36.3 Å². The highest BCUT2D eigenvalue weighted by Gasteiger charge is 2.47. The van der Waals surface area contributed by atoms with Crippen molar-refractivity contribution in [1.29, 1.82) is 0 Å². The lowest BCUT2D eigenvalue weighted by Crippen LogP contribution is -2.48. The van der Waals surface area contributed by atoms with Gasteiger partial charge in [-0.15, -0.1) is 0 Å². The summed E-state index contributed by atoms with van der Waals surface area (Å²) in [5.74, 6) is 0.986. The van der Waals surface area contributed by atoms with Gasteiger partial charge in [-0.3, -0.25) is 4.79 Å². The summed E-state index contributed by atoms with van der Waals surface area (Å²) in [5, 5.41) is 11.6. The van der Waals surface area contributed by atoms with E-state index in [1.165, 1.54) is 16.6 Å². The Bertz CT molecular complexity index is 1030. The number of aryl methyl sites for hydroxylation is 1. The van der Waals surface area contributed by atoms with Crippen molar-refractivity contribution in [2.75, 3.05) is 6.61 Å². The number of nitrogens with zero attached hydrogens (tertiary/aromatic N) is 1. The second-order valence-corrected chi connectivity index (χ2v) is 8.49. The average Bonchev–Trinajstić information content (AvgIpc) is 3.07. The molecule has 2 bridgehead atoms. The second-order valence-electron chi connectivity index (χ2n) is 8.49. The highest BCUT2D eigenvalue weighted by molar-refractivity contribution is 5.87. The van der Waals surface area contributed by atoms with Crippen molar-refractivity contribution in [3.8, 4) is 0 Å². The van der Waals surface area contributed by atoms with Gasteiger partial charge in [0.05, 0.1) is 18.7 Å². The normalized spacial score (nSPS) is 25.0. The molecule has 0 saturated carbocycles. The summed E-state index contributed by atoms with van der Waals surface area (Å²) >= 11 is 0. The molecule has 1 aromatic heterocycles. The first kappa shape index (κ1) is 18.4. The molecule has 0 spiro atoms. The van der Waals surface area contributed by atoms with E-state index in [2.05, 4.69) is 36.2 Å². The number of piperidine rings is 1. The number of aliphatic hydroxyl groups is 1. The summed E-state index contributed by atoms with van der Waals surface area (Å²) < 4.78 is 0. The quantitative estimate of drug-likeness (QED) is 0.677. The number of H-pyrrole nitrogens is 1. The fraction of sp³-hybridized carbons (Fsp3) is 0.400. The molecule has 3 aromatic rings. The van der Waals surface area contributed by atoms with E-state index in [0.29, 0.717) is 18.3 Å². The number of aromatic amines is 1. The number of hydrogen-bond acceptors (Lipinski definition) is 2. The molecule has 5 rings (SSSR count). The molecule has 1 unspecified atom stereocenters. The SMILES string of the molecule is CCC1[C@H]2CCc3[nH]c4ccccc4c3[C@@H]1N([C@@H](CO)c1ccccc1)C(=O)C2. The highest BCUT2D eigenvalue weighted by atomic mass is 16.3. The molecule has 150 valence electrons. The summed E-state index contributed by atoms with van der Waals surface area (Å²) in [6.07, 6.45) is 3.65. The minimum absolute atomic E-state index is 0.00254. The molecule has 1 amide bonds. The third-order valence-electron chi connectivity index (χ3n) is 7.09. The maximum absolute atomic E-state index is 13.5. The van der Waals surface area contributed by atoms with Crippen LogP contribution in [0.25, 0.3) is 10.9 Å². The topological polar surface area (TPSA) is 56.3 Å². The number of para-hydroxylation sites is 1. The number of carbonyl (C=O) groups excluding carboxylic acids is 1. The zero-order chi connectivity index (χ0) is 20.0. The number of amides is 1. The zero-order valence-corrected chi connectivity index (χ0v) is 16.8. The van der Waals surface area contributed by atoms with E-state index in [4.69, 9.17) is 0 Å². The standard InChI is InChI=1S/C25H28N2O2/c1-2-18-17-12-13-21-24(19-10-6-7-11-20(19)26-21)25(18)27(23(29)14-17)22(15-28)16-8-4-3-5-9-16/h3-11,17-18,22,25-26,28H,2,12-15H2,1H3/t17-,18?,22-,25+/m0/s1. The molecular weight excluding hydrogens is 360 g/mol. The number of nitrogens with one attached hydrogen (secondary N) is 1. The van der Waals surface area contributed by atoms with Crippen LogP contribution in [-0.2, 0) is 11.2 Å². The van der Waals surface area contributed by atoms with Gasteiger partial charge in [0.1, 0.15) is 0 Å². The molecular formula is C25H28N2O2. The first-order valence-corrected chi connectivity index (χ1v) is 10.8. The fourth-order valence-electron chi connectivity index (χ4n) is 5.81. The number of benzene rings is 2. The molecule has 2 aliphatic rings. The summed E-state index contributed by atoms with van der Waals surface area (Å²) in [6.45, 7) is 2.18. The number of fused-ring (bicyclic) bond motifs is 6. The van der Waals surface area contributed by atoms with Crippen LogP contribution in [0, 0.1) is 11.8 Å². The van der Waals surface area contributed by atoms with Crippen molar-refractivity contribution in [1.82, 2.24) is 9.88 Å². The van der Waals surface area contributed by atoms with Crippen molar-refractivity contribution in [2.24, 2.45) is 11.8 Å². The van der Waals surface area contributed by atoms with Crippen LogP contribution < -0.4 is 0 Å². The number of hydrogen-bond donors (Lipinski definition) is 2. The van der Waals surface area contributed by atoms with Crippen molar-refractivity contribution in [3.05, 3.63) is 71.4 Å². The fourth-order valence-corrected chi connectivity index (χ4v) is 5.81. The Morgan fingerprint density at radius 3 is 2.66 bits per heavy atom. The van der Waals surface area contributed by atoms with Crippen molar-refractivity contribution in [2.45, 2.75) is 44.7 Å². The molecule has 4 nitrogen and oxygen atoms in total. The molecule has 1 fully saturated rings. The van der Waals surface area contributed by atoms with Crippen LogP contribution in [-0.4, -0.2) is 27.5 Å². The minimum atomic E-state index is -0.316. The molecule has 4 heteroatoms. The Kier molecular flexibility index (Phi) is 4.67. The van der Waals surface area contributed by atoms with Gasteiger partial charge in [0.25, 0.3) is 0 Å². The molecule has 1 saturated heterocycles. The second kappa shape index (κ2) is 7.34. The van der Waals surface area contributed by atoms with Gasteiger partial charge < -0.3 is 15.0 Å². The number of likely N-dealkylation sites (tertiary alicyclic amines) is 1. The molecule has 2 aromatic carbocycles. The van der Waals surface area contributed by atoms with Gasteiger partial charge in [0.2, 0.25) is 5.91 Å². The highest BCUT2D eigenvalue weighted by Crippen LogP contribution is 2.51. The zero-order valence-electron chi connectivity index (χ0n) is 16.8. The van der Waals surface area contributed by atoms with Crippen LogP contribution >= 0.6 is 0 Å². The largest absolute Gasteiger partial charge is 0.394 e. The number of rotatable bonds is 4. The smallest absolute Gasteiger partial charge is 0.223 e. The Morgan fingerprint density at radius 2 is 1.90 bits per heavy atom. The molecule has 1 aliphatic carbocycles. The van der Waals surface area contributed by atoms with E-state index < -0.39 is 0 Å². The Morgan fingerprint density at radius 1 is 1.14 bits per heavy atom. The molecule has 1 aliphatic heterocycles. The minimum Gasteiger partial charge on any atom is -0.394 e. The average molecular weight is 389 g/mol. The van der Waals surface area contributed by atoms with Gasteiger partial charge in [-0.1, -0.05) is 61.9 Å². The van der Waals surface area contributed by atoms with Crippen molar-refractivity contribution in [3.63, 3.8) is 0 Å². The maximum atomic E-state index is 13.5. The predicted molar refractivity (Wildman–Crippen MR) is 114 cm³/mol. The summed E-state index contributed by atoms with van der Waals surface area (Å²) in [6, 6.07) is 18.1. The van der Waals surface area contributed by atoms with Crippen LogP contribution in [0.4, 0.5) is 0 Å². The number of aliphatic hydroxyl groups excluding tert-OH is 1. The first-order chi connectivity index (χ1) is 14.2. The van der Waals surface area contributed by atoms with Gasteiger partial charge in [-0.2, -0.15) is 0 Å². The van der Waals surface area contributed by atoms with Crippen LogP contribution in [0.2, 0.25) is 0 Å². The lowest BCUT2D eigenvalue weighted by Gasteiger charge is -2.47. The van der Waals surface area contributed by atoms with E-state index in [9.17, 15) is 9.90 Å². The maximum Gasteiger partial charge on any atom is 0.223 e. The van der Waals surface area contributed by atoms with Crippen LogP contribution in [0.1, 0.15) is 55.1 Å².